The molecule has 1 atom stereocenters. The third kappa shape index (κ3) is 6.84. The average Bonchev–Trinajstić information content (AvgIpc) is 2.71. The minimum Gasteiger partial charge on any atom is -0.497 e. The number of methoxy groups -OCH3 is 1. The molecule has 2 aromatic rings. The van der Waals surface area contributed by atoms with E-state index < -0.39 is 6.61 Å². The average molecular weight is 424 g/mol. The maximum Gasteiger partial charge on any atom is 0.387 e. The third-order valence-electron chi connectivity index (χ3n) is 4.49. The summed E-state index contributed by atoms with van der Waals surface area (Å²) in [6.07, 6.45) is 0. The number of nitrogens with one attached hydrogen (secondary N) is 2. The summed E-state index contributed by atoms with van der Waals surface area (Å²) >= 11 is 0. The lowest BCUT2D eigenvalue weighted by Crippen LogP contribution is -2.41. The van der Waals surface area contributed by atoms with Gasteiger partial charge < -0.3 is 25.0 Å². The number of hydrogen-bond donors (Lipinski definition) is 2. The summed E-state index contributed by atoms with van der Waals surface area (Å²) in [5.74, 6) is 0.781. The fourth-order valence-corrected chi connectivity index (χ4v) is 2.91. The van der Waals surface area contributed by atoms with Crippen LogP contribution >= 0.6 is 0 Å². The zero-order valence-corrected chi connectivity index (χ0v) is 17.5. The van der Waals surface area contributed by atoms with Crippen molar-refractivity contribution >= 4 is 5.96 Å². The van der Waals surface area contributed by atoms with Gasteiger partial charge in [-0.1, -0.05) is 12.1 Å². The van der Waals surface area contributed by atoms with Crippen LogP contribution in [-0.2, 0) is 6.54 Å². The minimum atomic E-state index is -2.92. The van der Waals surface area contributed by atoms with Crippen LogP contribution in [-0.4, -0.2) is 52.3 Å². The van der Waals surface area contributed by atoms with Gasteiger partial charge in [-0.05, 0) is 50.0 Å². The highest BCUT2D eigenvalue weighted by molar-refractivity contribution is 5.79. The molecule has 0 radical (unpaired) electrons. The Hall–Kier alpha value is -2.94. The Morgan fingerprint density at radius 3 is 2.37 bits per heavy atom. The number of hydrogen-bond acceptors (Lipinski definition) is 4. The molecule has 9 heteroatoms. The van der Waals surface area contributed by atoms with Crippen molar-refractivity contribution in [1.29, 1.82) is 0 Å². The van der Waals surface area contributed by atoms with Gasteiger partial charge in [0.15, 0.2) is 5.96 Å². The number of ether oxygens (including phenoxy) is 2. The Labute approximate surface area is 174 Å². The Morgan fingerprint density at radius 2 is 1.80 bits per heavy atom. The molecule has 1 unspecified atom stereocenters. The molecule has 0 aliphatic rings. The summed E-state index contributed by atoms with van der Waals surface area (Å²) in [5, 5.41) is 6.29. The van der Waals surface area contributed by atoms with Gasteiger partial charge in [-0.15, -0.1) is 0 Å². The number of guanidine groups is 1. The lowest BCUT2D eigenvalue weighted by Gasteiger charge is -2.26. The molecule has 2 aromatic carbocycles. The number of halogens is 3. The van der Waals surface area contributed by atoms with Gasteiger partial charge in [0, 0.05) is 25.7 Å². The van der Waals surface area contributed by atoms with Crippen molar-refractivity contribution in [1.82, 2.24) is 15.5 Å². The molecule has 6 nitrogen and oxygen atoms in total. The number of likely N-dealkylation sites (N-methyl/N-ethyl adjacent to an activating group) is 1. The second-order valence-corrected chi connectivity index (χ2v) is 6.69. The number of alkyl halides is 2. The molecular weight excluding hydrogens is 397 g/mol. The molecule has 0 amide bonds. The Balaban J connectivity index is 2.04. The standard InChI is InChI=1S/C21H27F3N4O2/c1-25-21(27-13-18(28(2)3)14-5-7-16(22)8-6-14)26-12-15-11-17(29-4)9-10-19(15)30-20(23)24/h5-11,18,20H,12-13H2,1-4H3,(H2,25,26,27). The van der Waals surface area contributed by atoms with Crippen LogP contribution in [0.4, 0.5) is 13.2 Å². The summed E-state index contributed by atoms with van der Waals surface area (Å²) in [4.78, 5) is 6.18. The summed E-state index contributed by atoms with van der Waals surface area (Å²) in [6.45, 7) is -2.23. The van der Waals surface area contributed by atoms with Gasteiger partial charge in [-0.25, -0.2) is 4.39 Å². The molecule has 0 spiro atoms. The van der Waals surface area contributed by atoms with Crippen LogP contribution in [0.5, 0.6) is 11.5 Å². The van der Waals surface area contributed by atoms with Crippen LogP contribution < -0.4 is 20.1 Å². The maximum absolute atomic E-state index is 13.2. The van der Waals surface area contributed by atoms with E-state index in [0.29, 0.717) is 23.8 Å². The van der Waals surface area contributed by atoms with Gasteiger partial charge in [0.25, 0.3) is 0 Å². The quantitative estimate of drug-likeness (QED) is 0.477. The molecule has 0 bridgehead atoms. The molecule has 0 saturated heterocycles. The SMILES string of the molecule is CN=C(NCc1cc(OC)ccc1OC(F)F)NCC(c1ccc(F)cc1)N(C)C. The molecule has 30 heavy (non-hydrogen) atoms. The smallest absolute Gasteiger partial charge is 0.387 e. The van der Waals surface area contributed by atoms with E-state index in [0.717, 1.165) is 5.56 Å². The van der Waals surface area contributed by atoms with Gasteiger partial charge >= 0.3 is 6.61 Å². The van der Waals surface area contributed by atoms with E-state index in [-0.39, 0.29) is 24.2 Å². The van der Waals surface area contributed by atoms with Crippen LogP contribution in [0.2, 0.25) is 0 Å². The monoisotopic (exact) mass is 424 g/mol. The van der Waals surface area contributed by atoms with E-state index in [1.807, 2.05) is 19.0 Å². The highest BCUT2D eigenvalue weighted by atomic mass is 19.3. The fourth-order valence-electron chi connectivity index (χ4n) is 2.91. The van der Waals surface area contributed by atoms with Crippen molar-refractivity contribution in [2.24, 2.45) is 4.99 Å². The van der Waals surface area contributed by atoms with Crippen LogP contribution in [0, 0.1) is 5.82 Å². The van der Waals surface area contributed by atoms with Gasteiger partial charge in [0.2, 0.25) is 0 Å². The predicted octanol–water partition coefficient (Wildman–Crippen LogP) is 3.40. The van der Waals surface area contributed by atoms with Gasteiger partial charge in [-0.3, -0.25) is 4.99 Å². The molecule has 0 saturated carbocycles. The van der Waals surface area contributed by atoms with E-state index in [4.69, 9.17) is 4.74 Å². The summed E-state index contributed by atoms with van der Waals surface area (Å²) in [7, 11) is 6.96. The normalized spacial score (nSPS) is 12.8. The fraction of sp³-hybridized carbons (Fsp3) is 0.381. The maximum atomic E-state index is 13.2. The molecule has 2 N–H and O–H groups in total. The second-order valence-electron chi connectivity index (χ2n) is 6.69. The van der Waals surface area contributed by atoms with Crippen molar-refractivity contribution in [3.63, 3.8) is 0 Å². The summed E-state index contributed by atoms with van der Waals surface area (Å²) in [5.41, 5.74) is 1.45. The first-order valence-electron chi connectivity index (χ1n) is 9.32. The van der Waals surface area contributed by atoms with Crippen LogP contribution in [0.25, 0.3) is 0 Å². The largest absolute Gasteiger partial charge is 0.497 e. The van der Waals surface area contributed by atoms with Crippen molar-refractivity contribution in [3.8, 4) is 11.5 Å². The molecule has 0 aliphatic heterocycles. The predicted molar refractivity (Wildman–Crippen MR) is 111 cm³/mol. The van der Waals surface area contributed by atoms with Gasteiger partial charge in [0.1, 0.15) is 17.3 Å². The zero-order chi connectivity index (χ0) is 22.1. The molecule has 0 heterocycles. The summed E-state index contributed by atoms with van der Waals surface area (Å²) in [6, 6.07) is 10.9. The zero-order valence-electron chi connectivity index (χ0n) is 17.5. The van der Waals surface area contributed by atoms with Crippen molar-refractivity contribution in [2.45, 2.75) is 19.2 Å². The first-order chi connectivity index (χ1) is 14.3. The number of aliphatic imine (C=N–C) groups is 1. The Morgan fingerprint density at radius 1 is 1.10 bits per heavy atom. The van der Waals surface area contributed by atoms with Gasteiger partial charge in [-0.2, -0.15) is 8.78 Å². The minimum absolute atomic E-state index is 0.0290. The second kappa shape index (κ2) is 11.3. The molecule has 0 fully saturated rings. The van der Waals surface area contributed by atoms with Crippen LogP contribution in [0.1, 0.15) is 17.2 Å². The van der Waals surface area contributed by atoms with E-state index >= 15 is 0 Å². The topological polar surface area (TPSA) is 58.1 Å². The highest BCUT2D eigenvalue weighted by Gasteiger charge is 2.16. The summed E-state index contributed by atoms with van der Waals surface area (Å²) < 4.78 is 48.3. The Kier molecular flexibility index (Phi) is 8.79. The van der Waals surface area contributed by atoms with Crippen LogP contribution in [0.15, 0.2) is 47.5 Å². The first-order valence-corrected chi connectivity index (χ1v) is 9.32. The number of benzene rings is 2. The Bertz CT molecular complexity index is 830. The molecule has 2 rings (SSSR count). The van der Waals surface area contributed by atoms with E-state index in [9.17, 15) is 13.2 Å². The van der Waals surface area contributed by atoms with E-state index in [1.165, 1.54) is 25.3 Å². The van der Waals surface area contributed by atoms with Crippen LogP contribution in [0.3, 0.4) is 0 Å². The van der Waals surface area contributed by atoms with Crippen molar-refractivity contribution in [3.05, 3.63) is 59.4 Å². The van der Waals surface area contributed by atoms with Crippen molar-refractivity contribution < 1.29 is 22.6 Å². The lowest BCUT2D eigenvalue weighted by molar-refractivity contribution is -0.0505. The highest BCUT2D eigenvalue weighted by Crippen LogP contribution is 2.25. The molecule has 164 valence electrons. The molecular formula is C21H27F3N4O2. The van der Waals surface area contributed by atoms with Gasteiger partial charge in [0.05, 0.1) is 13.2 Å². The van der Waals surface area contributed by atoms with E-state index in [2.05, 4.69) is 20.4 Å². The molecule has 0 aromatic heterocycles. The number of rotatable bonds is 9. The van der Waals surface area contributed by atoms with Crippen molar-refractivity contribution in [2.75, 3.05) is 34.8 Å². The lowest BCUT2D eigenvalue weighted by atomic mass is 10.1. The van der Waals surface area contributed by atoms with E-state index in [1.54, 1.807) is 31.3 Å². The number of nitrogens with zero attached hydrogens (tertiary/aromatic N) is 2. The molecule has 0 aliphatic carbocycles. The first kappa shape index (κ1) is 23.3. The third-order valence-corrected chi connectivity index (χ3v) is 4.49.